The molecule has 1 unspecified atom stereocenters. The van der Waals surface area contributed by atoms with Crippen LogP contribution in [-0.2, 0) is 0 Å². The highest BCUT2D eigenvalue weighted by Crippen LogP contribution is 2.59. The van der Waals surface area contributed by atoms with Gasteiger partial charge >= 0.3 is 0 Å². The van der Waals surface area contributed by atoms with Gasteiger partial charge in [0.1, 0.15) is 8.22 Å². The van der Waals surface area contributed by atoms with Crippen molar-refractivity contribution >= 4 is 19.6 Å². The molecule has 0 amide bonds. The van der Waals surface area contributed by atoms with E-state index >= 15 is 0 Å². The first-order chi connectivity index (χ1) is 17.9. The van der Waals surface area contributed by atoms with Gasteiger partial charge in [-0.15, -0.1) is 0 Å². The van der Waals surface area contributed by atoms with Crippen molar-refractivity contribution in [3.63, 3.8) is 0 Å². The predicted molar refractivity (Wildman–Crippen MR) is 163 cm³/mol. The van der Waals surface area contributed by atoms with Crippen LogP contribution in [0, 0.1) is 0 Å². The lowest BCUT2D eigenvalue weighted by Crippen LogP contribution is -2.25. The van der Waals surface area contributed by atoms with Gasteiger partial charge in [0.25, 0.3) is 0 Å². The monoisotopic (exact) mass is 502 g/mol. The number of nitrogens with zero attached hydrogens (tertiary/aromatic N) is 2. The molecule has 0 bridgehead atoms. The van der Waals surface area contributed by atoms with Crippen LogP contribution >= 0.6 is 8.22 Å². The molecule has 0 spiro atoms. The van der Waals surface area contributed by atoms with E-state index in [1.165, 1.54) is 56.2 Å². The molecule has 0 aromatic heterocycles. The Labute approximate surface area is 223 Å². The Kier molecular flexibility index (Phi) is 7.31. The van der Waals surface area contributed by atoms with Crippen molar-refractivity contribution in [2.75, 3.05) is 15.5 Å². The van der Waals surface area contributed by atoms with Gasteiger partial charge in [0.2, 0.25) is 0 Å². The molecule has 0 saturated carbocycles. The quantitative estimate of drug-likeness (QED) is 0.242. The Bertz CT molecular complexity index is 1450. The average Bonchev–Trinajstić information content (AvgIpc) is 3.23. The van der Waals surface area contributed by atoms with Gasteiger partial charge < -0.3 is 9.34 Å². The molecule has 2 nitrogen and oxygen atoms in total. The van der Waals surface area contributed by atoms with Crippen molar-refractivity contribution in [3.8, 4) is 22.3 Å². The lowest BCUT2D eigenvalue weighted by atomic mass is 10.1. The molecule has 1 aliphatic heterocycles. The maximum absolute atomic E-state index is 2.60. The summed E-state index contributed by atoms with van der Waals surface area (Å²) in [5.41, 5.74) is 13.0. The van der Waals surface area contributed by atoms with Crippen molar-refractivity contribution in [2.45, 2.75) is 34.6 Å². The zero-order chi connectivity index (χ0) is 25.9. The number of anilines is 2. The number of allylic oxidation sites excluding steroid dienone is 4. The summed E-state index contributed by atoms with van der Waals surface area (Å²) in [7, 11) is -0.703. The van der Waals surface area contributed by atoms with E-state index in [2.05, 4.69) is 153 Å². The van der Waals surface area contributed by atoms with Gasteiger partial charge in [0, 0.05) is 28.9 Å². The third kappa shape index (κ3) is 5.13. The summed E-state index contributed by atoms with van der Waals surface area (Å²) in [6.45, 7) is 11.3. The van der Waals surface area contributed by atoms with E-state index < -0.39 is 8.22 Å². The van der Waals surface area contributed by atoms with Gasteiger partial charge in [0.15, 0.2) is 0 Å². The van der Waals surface area contributed by atoms with E-state index in [1.54, 1.807) is 0 Å². The first-order valence-electron chi connectivity index (χ1n) is 12.9. The van der Waals surface area contributed by atoms with Crippen LogP contribution in [0.25, 0.3) is 22.3 Å². The topological polar surface area (TPSA) is 6.48 Å². The van der Waals surface area contributed by atoms with E-state index in [0.29, 0.717) is 0 Å². The third-order valence-corrected chi connectivity index (χ3v) is 9.96. The van der Waals surface area contributed by atoms with Crippen molar-refractivity contribution in [3.05, 3.63) is 132 Å². The smallest absolute Gasteiger partial charge is 0.108 e. The van der Waals surface area contributed by atoms with Crippen LogP contribution in [0.3, 0.4) is 0 Å². The molecule has 37 heavy (non-hydrogen) atoms. The van der Waals surface area contributed by atoms with Crippen molar-refractivity contribution in [1.29, 1.82) is 0 Å². The largest absolute Gasteiger partial charge is 0.306 e. The van der Waals surface area contributed by atoms with Crippen molar-refractivity contribution < 1.29 is 0 Å². The molecule has 0 saturated heterocycles. The van der Waals surface area contributed by atoms with Gasteiger partial charge in [-0.2, -0.15) is 0 Å². The first kappa shape index (κ1) is 25.1. The van der Waals surface area contributed by atoms with Gasteiger partial charge in [-0.1, -0.05) is 90.5 Å². The summed E-state index contributed by atoms with van der Waals surface area (Å²) < 4.78 is 5.20. The number of benzene rings is 4. The average molecular weight is 503 g/mol. The van der Waals surface area contributed by atoms with Crippen LogP contribution in [0.15, 0.2) is 132 Å². The molecule has 1 aliphatic rings. The normalized spacial score (nSPS) is 15.2. The number of hydrogen-bond acceptors (Lipinski definition) is 2. The second kappa shape index (κ2) is 10.8. The third-order valence-electron chi connectivity index (χ3n) is 7.21. The molecule has 0 aliphatic carbocycles. The summed E-state index contributed by atoms with van der Waals surface area (Å²) in [5.74, 6) is 0. The summed E-state index contributed by atoms with van der Waals surface area (Å²) in [4.78, 5) is 0. The molecule has 1 heterocycles. The SMILES string of the molecule is CC(C)=C(C)N(c1cccc(-c2ccccc2)c1)P1CC(C)=C(C)N1c1cccc(-c2ccccc2)c1. The van der Waals surface area contributed by atoms with E-state index in [-0.39, 0.29) is 0 Å². The molecule has 1 atom stereocenters. The highest BCUT2D eigenvalue weighted by Gasteiger charge is 2.35. The number of hydrogen-bond donors (Lipinski definition) is 0. The van der Waals surface area contributed by atoms with Crippen LogP contribution in [0.5, 0.6) is 0 Å². The van der Waals surface area contributed by atoms with Crippen LogP contribution in [0.4, 0.5) is 11.4 Å². The highest BCUT2D eigenvalue weighted by molar-refractivity contribution is 7.62. The maximum atomic E-state index is 2.60. The fraction of sp³-hybridized carbons (Fsp3) is 0.176. The van der Waals surface area contributed by atoms with E-state index in [0.717, 1.165) is 6.16 Å². The fourth-order valence-corrected chi connectivity index (χ4v) is 7.81. The second-order valence-electron chi connectivity index (χ2n) is 9.94. The highest BCUT2D eigenvalue weighted by atomic mass is 31.1. The van der Waals surface area contributed by atoms with Gasteiger partial charge in [-0.05, 0) is 86.7 Å². The molecule has 186 valence electrons. The fourth-order valence-electron chi connectivity index (χ4n) is 4.85. The second-order valence-corrected chi connectivity index (χ2v) is 11.8. The lowest BCUT2D eigenvalue weighted by Gasteiger charge is -2.39. The van der Waals surface area contributed by atoms with E-state index in [1.807, 2.05) is 0 Å². The minimum absolute atomic E-state index is 0.703. The van der Waals surface area contributed by atoms with Crippen LogP contribution in [0.1, 0.15) is 34.6 Å². The molecule has 4 aromatic rings. The van der Waals surface area contributed by atoms with Crippen LogP contribution < -0.4 is 9.34 Å². The minimum Gasteiger partial charge on any atom is -0.306 e. The molecule has 0 N–H and O–H groups in total. The summed E-state index contributed by atoms with van der Waals surface area (Å²) in [5, 5.41) is 0. The molecule has 5 rings (SSSR count). The number of rotatable bonds is 6. The van der Waals surface area contributed by atoms with Crippen LogP contribution in [0.2, 0.25) is 0 Å². The Balaban J connectivity index is 1.61. The van der Waals surface area contributed by atoms with Crippen LogP contribution in [-0.4, -0.2) is 6.16 Å². The van der Waals surface area contributed by atoms with E-state index in [9.17, 15) is 0 Å². The molecular formula is C34H35N2P. The minimum atomic E-state index is -0.703. The first-order valence-corrected chi connectivity index (χ1v) is 14.4. The van der Waals surface area contributed by atoms with Gasteiger partial charge in [0.05, 0.1) is 0 Å². The Morgan fingerprint density at radius 3 is 1.78 bits per heavy atom. The zero-order valence-corrected chi connectivity index (χ0v) is 23.3. The van der Waals surface area contributed by atoms with Gasteiger partial charge in [-0.25, -0.2) is 0 Å². The van der Waals surface area contributed by atoms with E-state index in [4.69, 9.17) is 0 Å². The standard InChI is InChI=1S/C34H35N2P/c1-25(2)27(4)35(33-20-12-18-31(22-33)29-14-8-6-9-15-29)37-24-26(3)28(5)36(37)34-21-13-19-32(23-34)30-16-10-7-11-17-30/h6-23H,24H2,1-5H3. The summed E-state index contributed by atoms with van der Waals surface area (Å²) >= 11 is 0. The Morgan fingerprint density at radius 1 is 0.649 bits per heavy atom. The Hall–Kier alpha value is -3.61. The molecule has 4 aromatic carbocycles. The van der Waals surface area contributed by atoms with Gasteiger partial charge in [-0.3, -0.25) is 0 Å². The predicted octanol–water partition coefficient (Wildman–Crippen LogP) is 10.3. The lowest BCUT2D eigenvalue weighted by molar-refractivity contribution is 1.15. The maximum Gasteiger partial charge on any atom is 0.108 e. The summed E-state index contributed by atoms with van der Waals surface area (Å²) in [6.07, 6.45) is 1.05. The van der Waals surface area contributed by atoms with Crippen molar-refractivity contribution in [1.82, 2.24) is 0 Å². The molecule has 0 radical (unpaired) electrons. The zero-order valence-electron chi connectivity index (χ0n) is 22.4. The molecule has 3 heteroatoms. The van der Waals surface area contributed by atoms with Crippen molar-refractivity contribution in [2.24, 2.45) is 0 Å². The molecule has 0 fully saturated rings. The summed E-state index contributed by atoms with van der Waals surface area (Å²) in [6, 6.07) is 39.4. The molecular weight excluding hydrogens is 467 g/mol. The Morgan fingerprint density at radius 2 is 1.19 bits per heavy atom.